The van der Waals surface area contributed by atoms with Gasteiger partial charge in [-0.3, -0.25) is 4.79 Å². The summed E-state index contributed by atoms with van der Waals surface area (Å²) in [5.74, 6) is 0.944. The first-order valence-corrected chi connectivity index (χ1v) is 6.89. The molecule has 0 aromatic carbocycles. The second-order valence-electron chi connectivity index (χ2n) is 5.42. The zero-order chi connectivity index (χ0) is 12.3. The maximum atomic E-state index is 11.6. The molecule has 17 heavy (non-hydrogen) atoms. The highest BCUT2D eigenvalue weighted by atomic mass is 16.2. The molecule has 0 bridgehead atoms. The van der Waals surface area contributed by atoms with E-state index in [1.54, 1.807) is 4.90 Å². The fourth-order valence-corrected chi connectivity index (χ4v) is 2.50. The average molecular weight is 239 g/mol. The number of carbonyl (C=O) groups excluding carboxylic acids is 1. The number of rotatable bonds is 6. The third-order valence-corrected chi connectivity index (χ3v) is 3.99. The van der Waals surface area contributed by atoms with Crippen LogP contribution in [-0.2, 0) is 4.79 Å². The molecule has 0 spiro atoms. The van der Waals surface area contributed by atoms with Crippen LogP contribution in [-0.4, -0.2) is 61.5 Å². The van der Waals surface area contributed by atoms with Crippen LogP contribution in [0.3, 0.4) is 0 Å². The molecule has 0 aromatic heterocycles. The van der Waals surface area contributed by atoms with E-state index in [-0.39, 0.29) is 5.91 Å². The summed E-state index contributed by atoms with van der Waals surface area (Å²) >= 11 is 0. The molecular formula is C13H25N3O. The van der Waals surface area contributed by atoms with Crippen LogP contribution in [0.5, 0.6) is 0 Å². The molecule has 1 aliphatic carbocycles. The number of nitrogens with one attached hydrogen (secondary N) is 1. The molecule has 2 aliphatic rings. The van der Waals surface area contributed by atoms with Crippen LogP contribution < -0.4 is 5.32 Å². The van der Waals surface area contributed by atoms with Crippen molar-refractivity contribution in [2.75, 3.05) is 39.8 Å². The Balaban J connectivity index is 1.58. The summed E-state index contributed by atoms with van der Waals surface area (Å²) in [5.41, 5.74) is 0. The van der Waals surface area contributed by atoms with E-state index in [0.717, 1.165) is 25.0 Å². The minimum absolute atomic E-state index is 0.199. The summed E-state index contributed by atoms with van der Waals surface area (Å²) in [5, 5.41) is 3.30. The number of nitrogens with zero attached hydrogens (tertiary/aromatic N) is 2. The molecule has 1 heterocycles. The second-order valence-corrected chi connectivity index (χ2v) is 5.42. The molecular weight excluding hydrogens is 214 g/mol. The summed E-state index contributed by atoms with van der Waals surface area (Å²) < 4.78 is 0. The van der Waals surface area contributed by atoms with Gasteiger partial charge in [0.2, 0.25) is 5.91 Å². The van der Waals surface area contributed by atoms with Gasteiger partial charge >= 0.3 is 0 Å². The molecule has 1 saturated heterocycles. The van der Waals surface area contributed by atoms with Crippen LogP contribution in [0, 0.1) is 5.92 Å². The Bertz CT molecular complexity index is 265. The van der Waals surface area contributed by atoms with Crippen LogP contribution >= 0.6 is 0 Å². The molecule has 2 fully saturated rings. The van der Waals surface area contributed by atoms with Crippen LogP contribution in [0.2, 0.25) is 0 Å². The van der Waals surface area contributed by atoms with Crippen molar-refractivity contribution in [1.82, 2.24) is 15.1 Å². The van der Waals surface area contributed by atoms with Crippen molar-refractivity contribution in [1.29, 1.82) is 0 Å². The van der Waals surface area contributed by atoms with Crippen LogP contribution in [0.4, 0.5) is 0 Å². The van der Waals surface area contributed by atoms with Crippen molar-refractivity contribution < 1.29 is 4.79 Å². The normalized spacial score (nSPS) is 25.2. The van der Waals surface area contributed by atoms with Crippen molar-refractivity contribution in [2.24, 2.45) is 5.92 Å². The smallest absolute Gasteiger partial charge is 0.236 e. The second kappa shape index (κ2) is 5.83. The Morgan fingerprint density at radius 3 is 2.82 bits per heavy atom. The van der Waals surface area contributed by atoms with E-state index in [4.69, 9.17) is 0 Å². The predicted octanol–water partition coefficient (Wildman–Crippen LogP) is 0.539. The van der Waals surface area contributed by atoms with Gasteiger partial charge in [0, 0.05) is 26.2 Å². The van der Waals surface area contributed by atoms with Gasteiger partial charge in [-0.1, -0.05) is 0 Å². The van der Waals surface area contributed by atoms with Crippen molar-refractivity contribution in [3.63, 3.8) is 0 Å². The van der Waals surface area contributed by atoms with Gasteiger partial charge in [-0.2, -0.15) is 0 Å². The van der Waals surface area contributed by atoms with Gasteiger partial charge in [0.1, 0.15) is 0 Å². The van der Waals surface area contributed by atoms with Crippen LogP contribution in [0.25, 0.3) is 0 Å². The number of hydrogen-bond donors (Lipinski definition) is 1. The lowest BCUT2D eigenvalue weighted by atomic mass is 10.1. The molecule has 0 radical (unpaired) electrons. The van der Waals surface area contributed by atoms with Crippen molar-refractivity contribution >= 4 is 5.91 Å². The fourth-order valence-electron chi connectivity index (χ4n) is 2.50. The van der Waals surface area contributed by atoms with Crippen LogP contribution in [0.15, 0.2) is 0 Å². The maximum absolute atomic E-state index is 11.6. The van der Waals surface area contributed by atoms with E-state index in [0.29, 0.717) is 6.54 Å². The molecule has 2 rings (SSSR count). The lowest BCUT2D eigenvalue weighted by Crippen LogP contribution is -2.37. The minimum atomic E-state index is 0.199. The lowest BCUT2D eigenvalue weighted by molar-refractivity contribution is -0.128. The zero-order valence-corrected chi connectivity index (χ0v) is 11.1. The van der Waals surface area contributed by atoms with Gasteiger partial charge in [-0.15, -0.1) is 0 Å². The van der Waals surface area contributed by atoms with Gasteiger partial charge in [0.25, 0.3) is 0 Å². The largest absolute Gasteiger partial charge is 0.345 e. The minimum Gasteiger partial charge on any atom is -0.345 e. The molecule has 1 amide bonds. The zero-order valence-electron chi connectivity index (χ0n) is 11.1. The van der Waals surface area contributed by atoms with E-state index in [9.17, 15) is 4.79 Å². The first-order valence-electron chi connectivity index (χ1n) is 6.89. The Hall–Kier alpha value is -0.610. The summed E-state index contributed by atoms with van der Waals surface area (Å²) in [6, 6.07) is 0.896. The van der Waals surface area contributed by atoms with E-state index >= 15 is 0 Å². The number of hydrogen-bond acceptors (Lipinski definition) is 3. The summed E-state index contributed by atoms with van der Waals surface area (Å²) in [6.07, 6.45) is 4.10. The highest BCUT2D eigenvalue weighted by molar-refractivity contribution is 5.77. The monoisotopic (exact) mass is 239 g/mol. The molecule has 1 N–H and O–H groups in total. The van der Waals surface area contributed by atoms with E-state index in [1.165, 1.54) is 32.4 Å². The van der Waals surface area contributed by atoms with Gasteiger partial charge in [0.15, 0.2) is 0 Å². The number of likely N-dealkylation sites (tertiary alicyclic amines) is 1. The van der Waals surface area contributed by atoms with Crippen molar-refractivity contribution in [2.45, 2.75) is 32.2 Å². The average Bonchev–Trinajstić information content (AvgIpc) is 3.08. The Kier molecular flexibility index (Phi) is 4.40. The number of likely N-dealkylation sites (N-methyl/N-ethyl adjacent to an activating group) is 1. The first-order chi connectivity index (χ1) is 8.20. The van der Waals surface area contributed by atoms with Gasteiger partial charge in [0.05, 0.1) is 6.54 Å². The van der Waals surface area contributed by atoms with Gasteiger partial charge in [-0.25, -0.2) is 0 Å². The highest BCUT2D eigenvalue weighted by Gasteiger charge is 2.34. The quantitative estimate of drug-likeness (QED) is 0.735. The Morgan fingerprint density at radius 2 is 2.18 bits per heavy atom. The van der Waals surface area contributed by atoms with E-state index in [1.807, 2.05) is 14.0 Å². The molecule has 4 heteroatoms. The SMILES string of the molecule is CCN(C)C(=O)CNCC1CCN(C2CC2)C1. The van der Waals surface area contributed by atoms with Gasteiger partial charge < -0.3 is 15.1 Å². The van der Waals surface area contributed by atoms with E-state index < -0.39 is 0 Å². The Morgan fingerprint density at radius 1 is 1.41 bits per heavy atom. The topological polar surface area (TPSA) is 35.6 Å². The summed E-state index contributed by atoms with van der Waals surface area (Å²) in [6.45, 7) is 6.77. The molecule has 98 valence electrons. The Labute approximate surface area is 104 Å². The number of carbonyl (C=O) groups is 1. The maximum Gasteiger partial charge on any atom is 0.236 e. The molecule has 1 aliphatic heterocycles. The molecule has 0 aromatic rings. The summed E-state index contributed by atoms with van der Waals surface area (Å²) in [7, 11) is 1.86. The summed E-state index contributed by atoms with van der Waals surface area (Å²) in [4.78, 5) is 16.0. The first kappa shape index (κ1) is 12.8. The lowest BCUT2D eigenvalue weighted by Gasteiger charge is -2.17. The molecule has 1 atom stereocenters. The predicted molar refractivity (Wildman–Crippen MR) is 68.9 cm³/mol. The van der Waals surface area contributed by atoms with E-state index in [2.05, 4.69) is 10.2 Å². The van der Waals surface area contributed by atoms with Crippen molar-refractivity contribution in [3.05, 3.63) is 0 Å². The van der Waals surface area contributed by atoms with Gasteiger partial charge in [-0.05, 0) is 45.2 Å². The third kappa shape index (κ3) is 3.68. The fraction of sp³-hybridized carbons (Fsp3) is 0.923. The number of amides is 1. The highest BCUT2D eigenvalue weighted by Crippen LogP contribution is 2.31. The molecule has 1 unspecified atom stereocenters. The van der Waals surface area contributed by atoms with Crippen molar-refractivity contribution in [3.8, 4) is 0 Å². The third-order valence-electron chi connectivity index (χ3n) is 3.99. The molecule has 1 saturated carbocycles. The molecule has 4 nitrogen and oxygen atoms in total. The van der Waals surface area contributed by atoms with Crippen LogP contribution in [0.1, 0.15) is 26.2 Å². The standard InChI is InChI=1S/C13H25N3O/c1-3-15(2)13(17)9-14-8-11-6-7-16(10-11)12-4-5-12/h11-12,14H,3-10H2,1-2H3.